The lowest BCUT2D eigenvalue weighted by Gasteiger charge is -2.02. The lowest BCUT2D eigenvalue weighted by molar-refractivity contribution is -0.127. The normalized spacial score (nSPS) is 10.4. The Morgan fingerprint density at radius 1 is 1.00 bits per heavy atom. The lowest BCUT2D eigenvalue weighted by atomic mass is 10.1. The van der Waals surface area contributed by atoms with Gasteiger partial charge >= 0.3 is 0 Å². The molecule has 0 unspecified atom stereocenters. The van der Waals surface area contributed by atoms with Gasteiger partial charge in [-0.3, -0.25) is 19.7 Å². The van der Waals surface area contributed by atoms with Crippen LogP contribution < -0.4 is 10.1 Å². The van der Waals surface area contributed by atoms with E-state index in [0.29, 0.717) is 11.3 Å². The van der Waals surface area contributed by atoms with Gasteiger partial charge in [-0.1, -0.05) is 42.5 Å². The first kappa shape index (κ1) is 17.1. The van der Waals surface area contributed by atoms with E-state index in [9.17, 15) is 14.4 Å². The van der Waals surface area contributed by atoms with Crippen LogP contribution in [0.25, 0.3) is 6.08 Å². The molecule has 2 amide bonds. The Morgan fingerprint density at radius 2 is 1.67 bits per heavy atom. The highest BCUT2D eigenvalue weighted by molar-refractivity contribution is 6.12. The van der Waals surface area contributed by atoms with Crippen molar-refractivity contribution in [3.63, 3.8) is 0 Å². The van der Waals surface area contributed by atoms with E-state index in [2.05, 4.69) is 5.32 Å². The number of imide groups is 1. The minimum absolute atomic E-state index is 0.333. The number of ketones is 1. The van der Waals surface area contributed by atoms with Gasteiger partial charge in [0.15, 0.2) is 5.78 Å². The van der Waals surface area contributed by atoms with Crippen LogP contribution in [0.1, 0.15) is 22.3 Å². The second-order valence-corrected chi connectivity index (χ2v) is 4.98. The molecule has 0 heterocycles. The highest BCUT2D eigenvalue weighted by Crippen LogP contribution is 2.12. The second kappa shape index (κ2) is 8.43. The molecule has 5 heteroatoms. The van der Waals surface area contributed by atoms with Crippen molar-refractivity contribution in [2.75, 3.05) is 7.11 Å². The molecule has 2 aromatic carbocycles. The molecule has 0 atom stereocenters. The molecule has 122 valence electrons. The van der Waals surface area contributed by atoms with Gasteiger partial charge in [0.2, 0.25) is 5.91 Å². The fraction of sp³-hybridized carbons (Fsp3) is 0.105. The number of hydrogen-bond donors (Lipinski definition) is 1. The van der Waals surface area contributed by atoms with E-state index < -0.39 is 11.8 Å². The number of carbonyl (C=O) groups is 3. The first-order valence-corrected chi connectivity index (χ1v) is 7.32. The molecule has 5 nitrogen and oxygen atoms in total. The summed E-state index contributed by atoms with van der Waals surface area (Å²) >= 11 is 0. The Balaban J connectivity index is 1.85. The molecule has 0 fully saturated rings. The number of ether oxygens (including phenoxy) is 1. The molecule has 2 aromatic rings. The molecule has 0 saturated heterocycles. The number of Topliss-reactive ketones (excluding diaryl/α,β-unsaturated/α-hetero) is 1. The maximum Gasteiger partial charge on any atom is 0.250 e. The van der Waals surface area contributed by atoms with E-state index in [1.54, 1.807) is 67.8 Å². The number of methoxy groups -OCH3 is 1. The zero-order valence-corrected chi connectivity index (χ0v) is 13.2. The first-order chi connectivity index (χ1) is 11.6. The zero-order chi connectivity index (χ0) is 17.4. The topological polar surface area (TPSA) is 72.5 Å². The van der Waals surface area contributed by atoms with Crippen molar-refractivity contribution in [3.05, 3.63) is 71.8 Å². The van der Waals surface area contributed by atoms with Crippen LogP contribution in [0.3, 0.4) is 0 Å². The largest absolute Gasteiger partial charge is 0.497 e. The number of rotatable bonds is 6. The summed E-state index contributed by atoms with van der Waals surface area (Å²) in [6, 6.07) is 15.6. The highest BCUT2D eigenvalue weighted by atomic mass is 16.5. The Labute approximate surface area is 140 Å². The molecule has 0 bridgehead atoms. The summed E-state index contributed by atoms with van der Waals surface area (Å²) in [6.45, 7) is 0. The molecule has 0 aromatic heterocycles. The fourth-order valence-corrected chi connectivity index (χ4v) is 1.98. The molecule has 0 aliphatic carbocycles. The monoisotopic (exact) mass is 323 g/mol. The van der Waals surface area contributed by atoms with Gasteiger partial charge in [0, 0.05) is 11.6 Å². The second-order valence-electron chi connectivity index (χ2n) is 4.98. The van der Waals surface area contributed by atoms with Crippen molar-refractivity contribution in [3.8, 4) is 5.75 Å². The van der Waals surface area contributed by atoms with E-state index >= 15 is 0 Å². The lowest BCUT2D eigenvalue weighted by Crippen LogP contribution is -2.30. The smallest absolute Gasteiger partial charge is 0.250 e. The number of amides is 2. The van der Waals surface area contributed by atoms with E-state index in [0.717, 1.165) is 5.56 Å². The molecule has 1 N–H and O–H groups in total. The minimum Gasteiger partial charge on any atom is -0.497 e. The first-order valence-electron chi connectivity index (χ1n) is 7.32. The fourth-order valence-electron chi connectivity index (χ4n) is 1.98. The third kappa shape index (κ3) is 5.21. The van der Waals surface area contributed by atoms with Crippen LogP contribution in [-0.2, 0) is 9.59 Å². The van der Waals surface area contributed by atoms with E-state index in [-0.39, 0.29) is 12.2 Å². The van der Waals surface area contributed by atoms with Crippen molar-refractivity contribution in [1.29, 1.82) is 0 Å². The summed E-state index contributed by atoms with van der Waals surface area (Å²) in [5.74, 6) is -0.823. The number of hydrogen-bond acceptors (Lipinski definition) is 4. The van der Waals surface area contributed by atoms with Crippen molar-refractivity contribution in [1.82, 2.24) is 5.32 Å². The third-order valence-electron chi connectivity index (χ3n) is 3.22. The SMILES string of the molecule is COc1ccc(/C=C/C(=O)NC(=O)CC(=O)c2ccccc2)cc1. The summed E-state index contributed by atoms with van der Waals surface area (Å²) < 4.78 is 5.04. The van der Waals surface area contributed by atoms with Crippen LogP contribution in [-0.4, -0.2) is 24.7 Å². The molecule has 24 heavy (non-hydrogen) atoms. The van der Waals surface area contributed by atoms with Gasteiger partial charge in [-0.05, 0) is 23.8 Å². The minimum atomic E-state index is -0.631. The quantitative estimate of drug-likeness (QED) is 0.504. The predicted molar refractivity (Wildman–Crippen MR) is 90.6 cm³/mol. The van der Waals surface area contributed by atoms with Gasteiger partial charge in [0.05, 0.1) is 13.5 Å². The molecular formula is C19H17NO4. The molecular weight excluding hydrogens is 306 g/mol. The summed E-state index contributed by atoms with van der Waals surface area (Å²) in [7, 11) is 1.57. The van der Waals surface area contributed by atoms with Crippen LogP contribution in [0, 0.1) is 0 Å². The Bertz CT molecular complexity index is 749. The van der Waals surface area contributed by atoms with Crippen molar-refractivity contribution in [2.45, 2.75) is 6.42 Å². The van der Waals surface area contributed by atoms with Crippen molar-refractivity contribution < 1.29 is 19.1 Å². The molecule has 0 saturated carbocycles. The Morgan fingerprint density at radius 3 is 2.29 bits per heavy atom. The molecule has 0 aliphatic heterocycles. The Kier molecular flexibility index (Phi) is 6.02. The average molecular weight is 323 g/mol. The summed E-state index contributed by atoms with van der Waals surface area (Å²) in [5.41, 5.74) is 1.23. The maximum atomic E-state index is 11.9. The zero-order valence-electron chi connectivity index (χ0n) is 13.2. The molecule has 0 aliphatic rings. The Hall–Kier alpha value is -3.21. The van der Waals surface area contributed by atoms with Crippen LogP contribution in [0.5, 0.6) is 5.75 Å². The highest BCUT2D eigenvalue weighted by Gasteiger charge is 2.12. The number of carbonyl (C=O) groups excluding carboxylic acids is 3. The van der Waals surface area contributed by atoms with Crippen LogP contribution in [0.15, 0.2) is 60.7 Å². The summed E-state index contributed by atoms with van der Waals surface area (Å²) in [5, 5.41) is 2.16. The van der Waals surface area contributed by atoms with Crippen LogP contribution in [0.2, 0.25) is 0 Å². The van der Waals surface area contributed by atoms with E-state index in [4.69, 9.17) is 4.74 Å². The van der Waals surface area contributed by atoms with Crippen LogP contribution in [0.4, 0.5) is 0 Å². The van der Waals surface area contributed by atoms with Crippen molar-refractivity contribution in [2.24, 2.45) is 0 Å². The van der Waals surface area contributed by atoms with Gasteiger partial charge in [-0.25, -0.2) is 0 Å². The van der Waals surface area contributed by atoms with Gasteiger partial charge < -0.3 is 4.74 Å². The van der Waals surface area contributed by atoms with Gasteiger partial charge in [-0.2, -0.15) is 0 Å². The van der Waals surface area contributed by atoms with Crippen molar-refractivity contribution >= 4 is 23.7 Å². The van der Waals surface area contributed by atoms with Gasteiger partial charge in [-0.15, -0.1) is 0 Å². The molecule has 0 spiro atoms. The summed E-state index contributed by atoms with van der Waals surface area (Å²) in [4.78, 5) is 35.3. The average Bonchev–Trinajstić information content (AvgIpc) is 2.61. The van der Waals surface area contributed by atoms with Crippen LogP contribution >= 0.6 is 0 Å². The maximum absolute atomic E-state index is 11.9. The van der Waals surface area contributed by atoms with E-state index in [1.807, 2.05) is 0 Å². The number of benzene rings is 2. The van der Waals surface area contributed by atoms with Gasteiger partial charge in [0.1, 0.15) is 5.75 Å². The third-order valence-corrected chi connectivity index (χ3v) is 3.22. The number of nitrogens with one attached hydrogen (secondary N) is 1. The molecule has 0 radical (unpaired) electrons. The van der Waals surface area contributed by atoms with E-state index in [1.165, 1.54) is 6.08 Å². The predicted octanol–water partition coefficient (Wildman–Crippen LogP) is 2.62. The van der Waals surface area contributed by atoms with Gasteiger partial charge in [0.25, 0.3) is 5.91 Å². The summed E-state index contributed by atoms with van der Waals surface area (Å²) in [6.07, 6.45) is 2.44. The molecule has 2 rings (SSSR count). The standard InChI is InChI=1S/C19H17NO4/c1-24-16-10-7-14(8-11-16)9-12-18(22)20-19(23)13-17(21)15-5-3-2-4-6-15/h2-12H,13H2,1H3,(H,20,22,23)/b12-9+.